The highest BCUT2D eigenvalue weighted by atomic mass is 16.1. The predicted molar refractivity (Wildman–Crippen MR) is 79.9 cm³/mol. The zero-order valence-electron chi connectivity index (χ0n) is 12.5. The van der Waals surface area contributed by atoms with Gasteiger partial charge in [0.1, 0.15) is 5.78 Å². The molecule has 19 heavy (non-hydrogen) atoms. The summed E-state index contributed by atoms with van der Waals surface area (Å²) in [5.41, 5.74) is 1.18. The number of Topliss-reactive ketones (excluding diaryl/α,β-unsaturated/α-hetero) is 1. The number of hydrogen-bond donors (Lipinski definition) is 1. The number of carbonyl (C=O) groups excluding carboxylic acids is 2. The molecular formula is C16H27NO2. The Balaban J connectivity index is 3.69. The third-order valence-corrected chi connectivity index (χ3v) is 3.01. The van der Waals surface area contributed by atoms with Gasteiger partial charge in [0.15, 0.2) is 0 Å². The van der Waals surface area contributed by atoms with Crippen molar-refractivity contribution in [1.82, 2.24) is 5.32 Å². The minimum Gasteiger partial charge on any atom is -0.356 e. The first-order valence-corrected chi connectivity index (χ1v) is 7.01. The van der Waals surface area contributed by atoms with Gasteiger partial charge in [0.05, 0.1) is 0 Å². The Kier molecular flexibility index (Phi) is 9.77. The Labute approximate surface area is 117 Å². The molecule has 1 atom stereocenters. The van der Waals surface area contributed by atoms with E-state index < -0.39 is 0 Å². The topological polar surface area (TPSA) is 46.2 Å². The van der Waals surface area contributed by atoms with Crippen LogP contribution in [0.2, 0.25) is 0 Å². The summed E-state index contributed by atoms with van der Waals surface area (Å²) in [6, 6.07) is 0. The molecule has 3 nitrogen and oxygen atoms in total. The normalized spacial score (nSPS) is 12.9. The second kappa shape index (κ2) is 10.5. The van der Waals surface area contributed by atoms with Gasteiger partial charge in [-0.2, -0.15) is 0 Å². The maximum Gasteiger partial charge on any atom is 0.220 e. The van der Waals surface area contributed by atoms with Crippen LogP contribution >= 0.6 is 0 Å². The summed E-state index contributed by atoms with van der Waals surface area (Å²) in [6.07, 6.45) is 7.81. The Bertz CT molecular complexity index is 332. The first kappa shape index (κ1) is 17.6. The Morgan fingerprint density at radius 2 is 2.00 bits per heavy atom. The Hall–Kier alpha value is -1.38. The molecular weight excluding hydrogens is 238 g/mol. The number of hydrogen-bond acceptors (Lipinski definition) is 2. The van der Waals surface area contributed by atoms with Gasteiger partial charge in [-0.3, -0.25) is 4.79 Å². The first-order valence-electron chi connectivity index (χ1n) is 7.01. The third kappa shape index (κ3) is 11.4. The molecule has 0 aliphatic rings. The molecule has 0 aliphatic carbocycles. The van der Waals surface area contributed by atoms with Crippen molar-refractivity contribution in [2.75, 3.05) is 6.54 Å². The van der Waals surface area contributed by atoms with Gasteiger partial charge in [0, 0.05) is 19.4 Å². The average Bonchev–Trinajstić information content (AvgIpc) is 2.34. The van der Waals surface area contributed by atoms with E-state index in [4.69, 9.17) is 0 Å². The van der Waals surface area contributed by atoms with Gasteiger partial charge in [-0.15, -0.1) is 0 Å². The summed E-state index contributed by atoms with van der Waals surface area (Å²) in [5.74, 6) is 0.633. The minimum absolute atomic E-state index is 0.0838. The summed E-state index contributed by atoms with van der Waals surface area (Å²) < 4.78 is 0. The van der Waals surface area contributed by atoms with Crippen LogP contribution in [-0.2, 0) is 9.59 Å². The molecule has 0 aromatic heterocycles. The highest BCUT2D eigenvalue weighted by Gasteiger charge is 2.08. The smallest absolute Gasteiger partial charge is 0.220 e. The van der Waals surface area contributed by atoms with Crippen LogP contribution in [0.1, 0.15) is 52.9 Å². The van der Waals surface area contributed by atoms with Crippen LogP contribution in [0.4, 0.5) is 0 Å². The zero-order valence-corrected chi connectivity index (χ0v) is 12.5. The van der Waals surface area contributed by atoms with E-state index in [1.165, 1.54) is 5.57 Å². The van der Waals surface area contributed by atoms with E-state index in [-0.39, 0.29) is 11.7 Å². The van der Waals surface area contributed by atoms with Gasteiger partial charge >= 0.3 is 0 Å². The third-order valence-electron chi connectivity index (χ3n) is 3.01. The summed E-state index contributed by atoms with van der Waals surface area (Å²) in [5, 5.41) is 2.86. The van der Waals surface area contributed by atoms with Crippen LogP contribution in [0.15, 0.2) is 24.3 Å². The van der Waals surface area contributed by atoms with Crippen LogP contribution in [0.25, 0.3) is 0 Å². The molecule has 0 aromatic carbocycles. The van der Waals surface area contributed by atoms with Crippen molar-refractivity contribution in [3.8, 4) is 0 Å². The fourth-order valence-corrected chi connectivity index (χ4v) is 1.73. The van der Waals surface area contributed by atoms with Gasteiger partial charge in [-0.1, -0.05) is 31.2 Å². The monoisotopic (exact) mass is 265 g/mol. The molecule has 3 heteroatoms. The number of rotatable bonds is 10. The van der Waals surface area contributed by atoms with E-state index in [0.717, 1.165) is 19.3 Å². The van der Waals surface area contributed by atoms with Crippen molar-refractivity contribution >= 4 is 11.7 Å². The number of amides is 1. The molecule has 0 aromatic rings. The summed E-state index contributed by atoms with van der Waals surface area (Å²) >= 11 is 0. The zero-order chi connectivity index (χ0) is 14.7. The number of ketones is 1. The average molecular weight is 265 g/mol. The Morgan fingerprint density at radius 1 is 1.32 bits per heavy atom. The molecule has 0 rings (SSSR count). The summed E-state index contributed by atoms with van der Waals surface area (Å²) in [4.78, 5) is 22.4. The molecule has 1 unspecified atom stereocenters. The van der Waals surface area contributed by atoms with Crippen molar-refractivity contribution < 1.29 is 9.59 Å². The lowest BCUT2D eigenvalue weighted by Gasteiger charge is -2.10. The fourth-order valence-electron chi connectivity index (χ4n) is 1.73. The summed E-state index contributed by atoms with van der Waals surface area (Å²) in [7, 11) is 0. The minimum atomic E-state index is 0.0838. The molecule has 0 saturated heterocycles. The molecule has 0 fully saturated rings. The van der Waals surface area contributed by atoms with Crippen LogP contribution in [0, 0.1) is 5.92 Å². The molecule has 108 valence electrons. The fraction of sp³-hybridized carbons (Fsp3) is 0.625. The molecule has 0 spiro atoms. The van der Waals surface area contributed by atoms with Gasteiger partial charge in [0.25, 0.3) is 0 Å². The lowest BCUT2D eigenvalue weighted by atomic mass is 10.0. The molecule has 1 amide bonds. The molecule has 0 saturated carbocycles. The van der Waals surface area contributed by atoms with Crippen molar-refractivity contribution in [3.05, 3.63) is 24.3 Å². The molecule has 0 bridgehead atoms. The number of allylic oxidation sites excluding steroid dienone is 3. The largest absolute Gasteiger partial charge is 0.356 e. The first-order chi connectivity index (χ1) is 8.95. The van der Waals surface area contributed by atoms with Crippen molar-refractivity contribution in [3.63, 3.8) is 0 Å². The van der Waals surface area contributed by atoms with Gasteiger partial charge in [-0.05, 0) is 39.0 Å². The lowest BCUT2D eigenvalue weighted by Crippen LogP contribution is -2.26. The maximum atomic E-state index is 11.6. The number of nitrogens with one attached hydrogen (secondary N) is 1. The van der Waals surface area contributed by atoms with Crippen LogP contribution < -0.4 is 5.32 Å². The van der Waals surface area contributed by atoms with E-state index in [9.17, 15) is 9.59 Å². The highest BCUT2D eigenvalue weighted by Crippen LogP contribution is 2.11. The summed E-state index contributed by atoms with van der Waals surface area (Å²) in [6.45, 7) is 9.99. The van der Waals surface area contributed by atoms with Crippen LogP contribution in [0.5, 0.6) is 0 Å². The Morgan fingerprint density at radius 3 is 2.58 bits per heavy atom. The highest BCUT2D eigenvalue weighted by molar-refractivity contribution is 5.77. The second-order valence-electron chi connectivity index (χ2n) is 5.19. The lowest BCUT2D eigenvalue weighted by molar-refractivity contribution is -0.122. The van der Waals surface area contributed by atoms with Crippen molar-refractivity contribution in [2.24, 2.45) is 5.92 Å². The maximum absolute atomic E-state index is 11.6. The van der Waals surface area contributed by atoms with E-state index in [0.29, 0.717) is 25.3 Å². The van der Waals surface area contributed by atoms with Crippen molar-refractivity contribution in [1.29, 1.82) is 0 Å². The standard InChI is InChI=1S/C16H27NO2/c1-5-13(2)8-6-9-14(3)12-16(19)17-11-7-10-15(4)18/h5,8,14H,1,6-7,9-12H2,2-4H3,(H,17,19)/b13-8-. The van der Waals surface area contributed by atoms with E-state index in [1.807, 2.05) is 13.0 Å². The van der Waals surface area contributed by atoms with Gasteiger partial charge < -0.3 is 10.1 Å². The van der Waals surface area contributed by atoms with E-state index in [1.54, 1.807) is 6.92 Å². The van der Waals surface area contributed by atoms with E-state index in [2.05, 4.69) is 24.9 Å². The molecule has 0 heterocycles. The number of carbonyl (C=O) groups is 2. The van der Waals surface area contributed by atoms with Gasteiger partial charge in [0.2, 0.25) is 5.91 Å². The molecule has 1 N–H and O–H groups in total. The second-order valence-corrected chi connectivity index (χ2v) is 5.19. The van der Waals surface area contributed by atoms with Crippen LogP contribution in [0.3, 0.4) is 0 Å². The molecule has 0 aliphatic heterocycles. The quantitative estimate of drug-likeness (QED) is 0.486. The molecule has 0 radical (unpaired) electrons. The SMILES string of the molecule is C=C/C(C)=C\CCC(C)CC(=O)NCCCC(C)=O. The predicted octanol–water partition coefficient (Wildman–Crippen LogP) is 3.41. The van der Waals surface area contributed by atoms with Crippen molar-refractivity contribution in [2.45, 2.75) is 52.9 Å². The van der Waals surface area contributed by atoms with E-state index >= 15 is 0 Å². The van der Waals surface area contributed by atoms with Crippen LogP contribution in [-0.4, -0.2) is 18.2 Å². The van der Waals surface area contributed by atoms with Gasteiger partial charge in [-0.25, -0.2) is 0 Å².